The van der Waals surface area contributed by atoms with E-state index >= 15 is 0 Å². The van der Waals surface area contributed by atoms with Crippen LogP contribution < -0.4 is 0 Å². The molecule has 9 heteroatoms. The van der Waals surface area contributed by atoms with Crippen LogP contribution in [-0.4, -0.2) is 56.9 Å². The van der Waals surface area contributed by atoms with Crippen LogP contribution in [0.25, 0.3) is 11.3 Å². The van der Waals surface area contributed by atoms with Gasteiger partial charge in [0.15, 0.2) is 12.1 Å². The monoisotopic (exact) mass is 439 g/mol. The van der Waals surface area contributed by atoms with Gasteiger partial charge in [-0.1, -0.05) is 47.7 Å². The summed E-state index contributed by atoms with van der Waals surface area (Å²) >= 11 is 0. The van der Waals surface area contributed by atoms with Gasteiger partial charge in [-0.25, -0.2) is 9.07 Å². The number of aliphatic hydroxyl groups is 1. The maximum atomic E-state index is 13.7. The Morgan fingerprint density at radius 3 is 2.72 bits per heavy atom. The Labute approximate surface area is 183 Å². The van der Waals surface area contributed by atoms with Gasteiger partial charge in [0, 0.05) is 11.1 Å². The molecule has 3 aromatic rings. The van der Waals surface area contributed by atoms with E-state index in [0.29, 0.717) is 11.3 Å². The second kappa shape index (κ2) is 8.51. The third-order valence-corrected chi connectivity index (χ3v) is 5.79. The van der Waals surface area contributed by atoms with Gasteiger partial charge in [-0.2, -0.15) is 0 Å². The fourth-order valence-corrected chi connectivity index (χ4v) is 4.24. The number of halogens is 1. The normalized spacial score (nSPS) is 30.0. The van der Waals surface area contributed by atoms with Gasteiger partial charge in [-0.3, -0.25) is 4.79 Å². The number of hydrogen-bond donors (Lipinski definition) is 1. The molecule has 1 aromatic heterocycles. The van der Waals surface area contributed by atoms with E-state index < -0.39 is 42.6 Å². The predicted octanol–water partition coefficient (Wildman–Crippen LogP) is 2.46. The first-order valence-electron chi connectivity index (χ1n) is 10.3. The van der Waals surface area contributed by atoms with E-state index in [1.165, 1.54) is 23.7 Å². The van der Waals surface area contributed by atoms with Crippen LogP contribution in [0, 0.1) is 5.82 Å². The van der Waals surface area contributed by atoms with Gasteiger partial charge in [0.25, 0.3) is 0 Å². The molecular weight excluding hydrogens is 417 g/mol. The molecule has 0 saturated carbocycles. The molecule has 0 radical (unpaired) electrons. The third kappa shape index (κ3) is 3.84. The van der Waals surface area contributed by atoms with E-state index in [1.54, 1.807) is 18.3 Å². The maximum absolute atomic E-state index is 13.7. The zero-order chi connectivity index (χ0) is 22.2. The highest BCUT2D eigenvalue weighted by atomic mass is 19.1. The summed E-state index contributed by atoms with van der Waals surface area (Å²) in [7, 11) is 0. The maximum Gasteiger partial charge on any atom is 0.184 e. The molecule has 2 fully saturated rings. The molecule has 0 bridgehead atoms. The molecule has 1 N–H and O–H groups in total. The number of carbonyl (C=O) groups is 1. The van der Waals surface area contributed by atoms with Crippen LogP contribution in [0.15, 0.2) is 60.8 Å². The van der Waals surface area contributed by atoms with Gasteiger partial charge in [-0.15, -0.1) is 5.10 Å². The number of Topliss-reactive ketones (excluding diaryl/α,β-unsaturated/α-hetero) is 1. The lowest BCUT2D eigenvalue weighted by atomic mass is 9.90. The van der Waals surface area contributed by atoms with Crippen molar-refractivity contribution >= 4 is 5.78 Å². The average Bonchev–Trinajstić information content (AvgIpc) is 3.28. The summed E-state index contributed by atoms with van der Waals surface area (Å²) in [6, 6.07) is 14.7. The second-order valence-corrected chi connectivity index (χ2v) is 7.96. The van der Waals surface area contributed by atoms with Crippen LogP contribution in [0.1, 0.15) is 24.8 Å². The molecule has 5 rings (SSSR count). The van der Waals surface area contributed by atoms with Crippen molar-refractivity contribution in [2.75, 3.05) is 6.61 Å². The molecule has 1 unspecified atom stereocenters. The lowest BCUT2D eigenvalue weighted by molar-refractivity contribution is -0.312. The highest BCUT2D eigenvalue weighted by molar-refractivity contribution is 5.81. The first kappa shape index (κ1) is 20.9. The molecule has 8 nitrogen and oxygen atoms in total. The SMILES string of the molecule is CC(=O)[C@@H]1O[C@@H]2COC(c3ccccc3)O[C@@H]2[C@H](n2cc(-c3cccc(F)c3)nn2)[C@H]1O. The summed E-state index contributed by atoms with van der Waals surface area (Å²) < 4.78 is 33.0. The minimum absolute atomic E-state index is 0.183. The molecule has 2 aromatic carbocycles. The summed E-state index contributed by atoms with van der Waals surface area (Å²) in [6.45, 7) is 1.55. The van der Waals surface area contributed by atoms with Crippen molar-refractivity contribution in [2.45, 2.75) is 43.7 Å². The summed E-state index contributed by atoms with van der Waals surface area (Å²) in [5.41, 5.74) is 1.81. The molecular formula is C23H22FN3O5. The molecule has 2 aliphatic heterocycles. The van der Waals surface area contributed by atoms with Crippen molar-refractivity contribution in [2.24, 2.45) is 0 Å². The summed E-state index contributed by atoms with van der Waals surface area (Å²) in [4.78, 5) is 12.2. The first-order chi connectivity index (χ1) is 15.5. The van der Waals surface area contributed by atoms with Crippen molar-refractivity contribution in [3.05, 3.63) is 72.2 Å². The molecule has 166 valence electrons. The van der Waals surface area contributed by atoms with Gasteiger partial charge >= 0.3 is 0 Å². The lowest BCUT2D eigenvalue weighted by Crippen LogP contribution is -2.60. The minimum atomic E-state index is -1.22. The third-order valence-electron chi connectivity index (χ3n) is 5.79. The Hall–Kier alpha value is -2.98. The van der Waals surface area contributed by atoms with Crippen LogP contribution >= 0.6 is 0 Å². The molecule has 2 saturated heterocycles. The molecule has 2 aliphatic rings. The van der Waals surface area contributed by atoms with Crippen molar-refractivity contribution < 1.29 is 28.5 Å². The first-order valence-corrected chi connectivity index (χ1v) is 10.3. The minimum Gasteiger partial charge on any atom is -0.388 e. The number of benzene rings is 2. The number of ether oxygens (including phenoxy) is 3. The van der Waals surface area contributed by atoms with Crippen LogP contribution in [-0.2, 0) is 19.0 Å². The number of carbonyl (C=O) groups excluding carboxylic acids is 1. The van der Waals surface area contributed by atoms with Gasteiger partial charge in [0.2, 0.25) is 0 Å². The van der Waals surface area contributed by atoms with Gasteiger partial charge < -0.3 is 19.3 Å². The largest absolute Gasteiger partial charge is 0.388 e. The van der Waals surface area contributed by atoms with E-state index in [1.807, 2.05) is 30.3 Å². The summed E-state index contributed by atoms with van der Waals surface area (Å²) in [6.07, 6.45) is -2.55. The zero-order valence-electron chi connectivity index (χ0n) is 17.2. The Balaban J connectivity index is 1.49. The topological polar surface area (TPSA) is 95.7 Å². The fourth-order valence-electron chi connectivity index (χ4n) is 4.24. The Kier molecular flexibility index (Phi) is 5.56. The van der Waals surface area contributed by atoms with E-state index in [2.05, 4.69) is 10.3 Å². The highest BCUT2D eigenvalue weighted by Crippen LogP contribution is 2.39. The van der Waals surface area contributed by atoms with Crippen molar-refractivity contribution in [1.29, 1.82) is 0 Å². The predicted molar refractivity (Wildman–Crippen MR) is 110 cm³/mol. The number of hydrogen-bond acceptors (Lipinski definition) is 7. The Morgan fingerprint density at radius 1 is 1.16 bits per heavy atom. The number of fused-ring (bicyclic) bond motifs is 1. The number of ketones is 1. The summed E-state index contributed by atoms with van der Waals surface area (Å²) in [5, 5.41) is 19.4. The van der Waals surface area contributed by atoms with Crippen molar-refractivity contribution in [3.8, 4) is 11.3 Å². The zero-order valence-corrected chi connectivity index (χ0v) is 17.2. The molecule has 6 atom stereocenters. The van der Waals surface area contributed by atoms with Gasteiger partial charge in [0.05, 0.1) is 12.8 Å². The Morgan fingerprint density at radius 2 is 1.97 bits per heavy atom. The van der Waals surface area contributed by atoms with Crippen LogP contribution in [0.2, 0.25) is 0 Å². The number of aliphatic hydroxyl groups excluding tert-OH is 1. The van der Waals surface area contributed by atoms with E-state index in [0.717, 1.165) is 5.56 Å². The number of nitrogens with zero attached hydrogens (tertiary/aromatic N) is 3. The van der Waals surface area contributed by atoms with E-state index in [-0.39, 0.29) is 12.4 Å². The molecule has 0 aliphatic carbocycles. The molecule has 32 heavy (non-hydrogen) atoms. The van der Waals surface area contributed by atoms with E-state index in [9.17, 15) is 14.3 Å². The quantitative estimate of drug-likeness (QED) is 0.667. The van der Waals surface area contributed by atoms with Crippen LogP contribution in [0.4, 0.5) is 4.39 Å². The standard InChI is InChI=1S/C23H22FN3O5/c1-13(28)21-20(29)19(27-11-17(25-26-27)15-8-5-9-16(24)10-15)22-18(31-21)12-30-23(32-22)14-6-3-2-4-7-14/h2-11,18-23,29H,12H2,1H3/t18-,19-,20-,21+,22+,23?/m1/s1. The Bertz CT molecular complexity index is 1110. The van der Waals surface area contributed by atoms with Crippen molar-refractivity contribution in [3.63, 3.8) is 0 Å². The number of rotatable bonds is 4. The lowest BCUT2D eigenvalue weighted by Gasteiger charge is -2.47. The van der Waals surface area contributed by atoms with Crippen LogP contribution in [0.3, 0.4) is 0 Å². The second-order valence-electron chi connectivity index (χ2n) is 7.96. The van der Waals surface area contributed by atoms with Crippen LogP contribution in [0.5, 0.6) is 0 Å². The average molecular weight is 439 g/mol. The van der Waals surface area contributed by atoms with Gasteiger partial charge in [0.1, 0.15) is 42.0 Å². The summed E-state index contributed by atoms with van der Waals surface area (Å²) in [5.74, 6) is -0.699. The number of aromatic nitrogens is 3. The highest BCUT2D eigenvalue weighted by Gasteiger charge is 2.52. The smallest absolute Gasteiger partial charge is 0.184 e. The van der Waals surface area contributed by atoms with E-state index in [4.69, 9.17) is 14.2 Å². The van der Waals surface area contributed by atoms with Crippen molar-refractivity contribution in [1.82, 2.24) is 15.0 Å². The fraction of sp³-hybridized carbons (Fsp3) is 0.348. The molecule has 3 heterocycles. The molecule has 0 amide bonds. The molecule has 0 spiro atoms. The van der Waals surface area contributed by atoms with Gasteiger partial charge in [-0.05, 0) is 19.1 Å².